The molecule has 0 radical (unpaired) electrons. The molecule has 0 fully saturated rings. The standard InChI is InChI=1S/C13H17BrClNO3/c1-9-6-10(14)7-11(15)13(9)19-8-12(17)16-4-3-5-18-2/h6-7H,3-5,8H2,1-2H3,(H,16,17). The normalized spacial score (nSPS) is 10.3. The van der Waals surface area contributed by atoms with Crippen molar-refractivity contribution in [2.45, 2.75) is 13.3 Å². The summed E-state index contributed by atoms with van der Waals surface area (Å²) in [5.41, 5.74) is 0.881. The van der Waals surface area contributed by atoms with Crippen LogP contribution < -0.4 is 10.1 Å². The molecule has 19 heavy (non-hydrogen) atoms. The fourth-order valence-corrected chi connectivity index (χ4v) is 2.53. The summed E-state index contributed by atoms with van der Waals surface area (Å²) in [4.78, 5) is 11.5. The molecule has 1 amide bonds. The van der Waals surface area contributed by atoms with Crippen LogP contribution in [0.2, 0.25) is 5.02 Å². The van der Waals surface area contributed by atoms with Crippen molar-refractivity contribution >= 4 is 33.4 Å². The van der Waals surface area contributed by atoms with Gasteiger partial charge in [-0.05, 0) is 31.0 Å². The van der Waals surface area contributed by atoms with Crippen LogP contribution in [0.5, 0.6) is 5.75 Å². The zero-order valence-electron chi connectivity index (χ0n) is 11.0. The zero-order chi connectivity index (χ0) is 14.3. The van der Waals surface area contributed by atoms with Crippen molar-refractivity contribution in [3.8, 4) is 5.75 Å². The minimum Gasteiger partial charge on any atom is -0.482 e. The molecule has 4 nitrogen and oxygen atoms in total. The summed E-state index contributed by atoms with van der Waals surface area (Å²) in [5.74, 6) is 0.367. The summed E-state index contributed by atoms with van der Waals surface area (Å²) in [6.45, 7) is 3.03. The highest BCUT2D eigenvalue weighted by molar-refractivity contribution is 9.10. The number of nitrogens with one attached hydrogen (secondary N) is 1. The maximum absolute atomic E-state index is 11.5. The summed E-state index contributed by atoms with van der Waals surface area (Å²) < 4.78 is 11.2. The van der Waals surface area contributed by atoms with Crippen LogP contribution in [0, 0.1) is 6.92 Å². The van der Waals surface area contributed by atoms with E-state index in [1.165, 1.54) is 0 Å². The first-order valence-corrected chi connectivity index (χ1v) is 7.05. The lowest BCUT2D eigenvalue weighted by Gasteiger charge is -2.11. The van der Waals surface area contributed by atoms with Crippen LogP contribution >= 0.6 is 27.5 Å². The Bertz CT molecular complexity index is 417. The number of rotatable bonds is 7. The molecule has 0 saturated carbocycles. The number of carbonyl (C=O) groups excluding carboxylic acids is 1. The fourth-order valence-electron chi connectivity index (χ4n) is 1.50. The third-order valence-electron chi connectivity index (χ3n) is 2.39. The third kappa shape index (κ3) is 5.80. The van der Waals surface area contributed by atoms with E-state index in [0.717, 1.165) is 16.5 Å². The fraction of sp³-hybridized carbons (Fsp3) is 0.462. The van der Waals surface area contributed by atoms with Gasteiger partial charge in [0.05, 0.1) is 5.02 Å². The molecule has 0 saturated heterocycles. The van der Waals surface area contributed by atoms with Gasteiger partial charge >= 0.3 is 0 Å². The van der Waals surface area contributed by atoms with Crippen LogP contribution in [0.25, 0.3) is 0 Å². The largest absolute Gasteiger partial charge is 0.482 e. The van der Waals surface area contributed by atoms with E-state index in [4.69, 9.17) is 21.1 Å². The predicted molar refractivity (Wildman–Crippen MR) is 78.9 cm³/mol. The molecule has 0 aromatic heterocycles. The van der Waals surface area contributed by atoms with Crippen LogP contribution in [0.1, 0.15) is 12.0 Å². The molecule has 1 rings (SSSR count). The molecule has 1 aromatic carbocycles. The quantitative estimate of drug-likeness (QED) is 0.769. The minimum atomic E-state index is -0.172. The number of aryl methyl sites for hydroxylation is 1. The molecule has 0 aliphatic heterocycles. The molecule has 0 bridgehead atoms. The Morgan fingerprint density at radius 1 is 1.47 bits per heavy atom. The third-order valence-corrected chi connectivity index (χ3v) is 3.13. The Labute approximate surface area is 126 Å². The van der Waals surface area contributed by atoms with E-state index in [1.54, 1.807) is 13.2 Å². The molecule has 1 aromatic rings. The molecular weight excluding hydrogens is 334 g/mol. The van der Waals surface area contributed by atoms with Gasteiger partial charge in [0, 0.05) is 24.7 Å². The topological polar surface area (TPSA) is 47.6 Å². The molecule has 1 N–H and O–H groups in total. The van der Waals surface area contributed by atoms with E-state index in [1.807, 2.05) is 13.0 Å². The average molecular weight is 351 g/mol. The number of ether oxygens (including phenoxy) is 2. The van der Waals surface area contributed by atoms with Gasteiger partial charge in [0.2, 0.25) is 0 Å². The van der Waals surface area contributed by atoms with E-state index in [2.05, 4.69) is 21.2 Å². The van der Waals surface area contributed by atoms with Crippen LogP contribution in [0.3, 0.4) is 0 Å². The highest BCUT2D eigenvalue weighted by Gasteiger charge is 2.09. The van der Waals surface area contributed by atoms with E-state index < -0.39 is 0 Å². The molecule has 0 unspecified atom stereocenters. The molecule has 106 valence electrons. The van der Waals surface area contributed by atoms with Gasteiger partial charge in [-0.2, -0.15) is 0 Å². The Morgan fingerprint density at radius 3 is 2.84 bits per heavy atom. The SMILES string of the molecule is COCCCNC(=O)COc1c(C)cc(Br)cc1Cl. The zero-order valence-corrected chi connectivity index (χ0v) is 13.3. The molecular formula is C13H17BrClNO3. The van der Waals surface area contributed by atoms with Gasteiger partial charge < -0.3 is 14.8 Å². The van der Waals surface area contributed by atoms with Gasteiger partial charge in [0.1, 0.15) is 5.75 Å². The Morgan fingerprint density at radius 2 is 2.21 bits per heavy atom. The lowest BCUT2D eigenvalue weighted by Crippen LogP contribution is -2.30. The molecule has 0 aliphatic carbocycles. The first kappa shape index (κ1) is 16.3. The van der Waals surface area contributed by atoms with Crippen LogP contribution in [0.15, 0.2) is 16.6 Å². The Kier molecular flexibility index (Phi) is 7.20. The molecule has 0 spiro atoms. The van der Waals surface area contributed by atoms with Gasteiger partial charge in [-0.15, -0.1) is 0 Å². The molecule has 6 heteroatoms. The van der Waals surface area contributed by atoms with Crippen molar-refractivity contribution in [2.24, 2.45) is 0 Å². The van der Waals surface area contributed by atoms with E-state index in [-0.39, 0.29) is 12.5 Å². The highest BCUT2D eigenvalue weighted by atomic mass is 79.9. The summed E-state index contributed by atoms with van der Waals surface area (Å²) in [7, 11) is 1.63. The Balaban J connectivity index is 2.42. The van der Waals surface area contributed by atoms with Crippen molar-refractivity contribution in [1.82, 2.24) is 5.32 Å². The van der Waals surface area contributed by atoms with Gasteiger partial charge in [-0.1, -0.05) is 27.5 Å². The summed E-state index contributed by atoms with van der Waals surface area (Å²) in [5, 5.41) is 3.23. The second-order valence-corrected chi connectivity index (χ2v) is 5.34. The maximum Gasteiger partial charge on any atom is 0.257 e. The van der Waals surface area contributed by atoms with Crippen molar-refractivity contribution in [2.75, 3.05) is 26.9 Å². The summed E-state index contributed by atoms with van der Waals surface area (Å²) >= 11 is 9.41. The van der Waals surface area contributed by atoms with Gasteiger partial charge in [0.15, 0.2) is 6.61 Å². The number of methoxy groups -OCH3 is 1. The number of carbonyl (C=O) groups is 1. The first-order valence-electron chi connectivity index (χ1n) is 5.88. The van der Waals surface area contributed by atoms with Gasteiger partial charge in [0.25, 0.3) is 5.91 Å². The average Bonchev–Trinajstić information content (AvgIpc) is 2.33. The van der Waals surface area contributed by atoms with Crippen molar-refractivity contribution in [3.05, 3.63) is 27.2 Å². The highest BCUT2D eigenvalue weighted by Crippen LogP contribution is 2.31. The summed E-state index contributed by atoms with van der Waals surface area (Å²) in [6.07, 6.45) is 0.778. The van der Waals surface area contributed by atoms with Crippen molar-refractivity contribution in [1.29, 1.82) is 0 Å². The minimum absolute atomic E-state index is 0.0465. The maximum atomic E-state index is 11.5. The van der Waals surface area contributed by atoms with Gasteiger partial charge in [-0.3, -0.25) is 4.79 Å². The summed E-state index contributed by atoms with van der Waals surface area (Å²) in [6, 6.07) is 3.62. The van der Waals surface area contributed by atoms with Gasteiger partial charge in [-0.25, -0.2) is 0 Å². The number of benzene rings is 1. The van der Waals surface area contributed by atoms with Crippen LogP contribution in [0.4, 0.5) is 0 Å². The van der Waals surface area contributed by atoms with Crippen LogP contribution in [-0.2, 0) is 9.53 Å². The monoisotopic (exact) mass is 349 g/mol. The molecule has 0 aliphatic rings. The first-order chi connectivity index (χ1) is 9.04. The lowest BCUT2D eigenvalue weighted by atomic mass is 10.2. The smallest absolute Gasteiger partial charge is 0.257 e. The number of hydrogen-bond acceptors (Lipinski definition) is 3. The number of amides is 1. The number of halogens is 2. The molecule has 0 atom stereocenters. The second-order valence-electron chi connectivity index (χ2n) is 4.02. The van der Waals surface area contributed by atoms with E-state index in [0.29, 0.717) is 23.9 Å². The lowest BCUT2D eigenvalue weighted by molar-refractivity contribution is -0.123. The van der Waals surface area contributed by atoms with Crippen molar-refractivity contribution in [3.63, 3.8) is 0 Å². The van der Waals surface area contributed by atoms with E-state index in [9.17, 15) is 4.79 Å². The predicted octanol–water partition coefficient (Wildman–Crippen LogP) is 2.94. The van der Waals surface area contributed by atoms with Crippen molar-refractivity contribution < 1.29 is 14.3 Å². The second kappa shape index (κ2) is 8.40. The number of hydrogen-bond donors (Lipinski definition) is 1. The van der Waals surface area contributed by atoms with E-state index >= 15 is 0 Å². The molecule has 0 heterocycles. The Hall–Kier alpha value is -0.780. The van der Waals surface area contributed by atoms with Crippen LogP contribution in [-0.4, -0.2) is 32.8 Å².